The maximum Gasteiger partial charge on any atom is 0.412 e. The number of benzene rings is 3. The molecule has 0 unspecified atom stereocenters. The average Bonchev–Trinajstić information content (AvgIpc) is 2.95. The van der Waals surface area contributed by atoms with Crippen molar-refractivity contribution < 1.29 is 19.1 Å². The number of unbranched alkanes of at least 4 members (excludes halogenated alkanes) is 1. The fourth-order valence-corrected chi connectivity index (χ4v) is 4.32. The Bertz CT molecular complexity index is 1380. The number of anilines is 4. The Morgan fingerprint density at radius 2 is 1.32 bits per heavy atom. The summed E-state index contributed by atoms with van der Waals surface area (Å²) in [5, 5.41) is 8.58. The number of hydrogen-bond acceptors (Lipinski definition) is 6. The minimum atomic E-state index is -0.649. The van der Waals surface area contributed by atoms with Gasteiger partial charge < -0.3 is 30.1 Å². The van der Waals surface area contributed by atoms with Gasteiger partial charge in [0.1, 0.15) is 5.60 Å². The highest BCUT2D eigenvalue weighted by atomic mass is 16.6. The number of ether oxygens (including phenoxy) is 1. The van der Waals surface area contributed by atoms with Gasteiger partial charge in [0.05, 0.1) is 11.4 Å². The molecule has 0 aliphatic rings. The number of carbonyl (C=O) groups excluding carboxylic acids is 3. The van der Waals surface area contributed by atoms with Gasteiger partial charge >= 0.3 is 12.1 Å². The van der Waals surface area contributed by atoms with Crippen LogP contribution in [0.4, 0.5) is 32.3 Å². The summed E-state index contributed by atoms with van der Waals surface area (Å²) in [6.07, 6.45) is 1.23. The normalized spacial score (nSPS) is 11.1. The predicted octanol–water partition coefficient (Wildman–Crippen LogP) is 6.73. The van der Waals surface area contributed by atoms with Crippen molar-refractivity contribution in [2.45, 2.75) is 45.8 Å². The first-order valence-electron chi connectivity index (χ1n) is 14.8. The summed E-state index contributed by atoms with van der Waals surface area (Å²) in [5.74, 6) is -0.325. The van der Waals surface area contributed by atoms with Gasteiger partial charge in [0.2, 0.25) is 0 Å². The highest BCUT2D eigenvalue weighted by Gasteiger charge is 2.19. The molecule has 44 heavy (non-hydrogen) atoms. The number of carbonyl (C=O) groups is 3. The monoisotopic (exact) mass is 602 g/mol. The molecule has 0 bridgehead atoms. The van der Waals surface area contributed by atoms with Gasteiger partial charge in [-0.2, -0.15) is 0 Å². The van der Waals surface area contributed by atoms with Crippen molar-refractivity contribution in [2.75, 3.05) is 62.1 Å². The first kappa shape index (κ1) is 33.9. The van der Waals surface area contributed by atoms with Crippen molar-refractivity contribution in [2.24, 2.45) is 0 Å². The van der Waals surface area contributed by atoms with Gasteiger partial charge in [-0.1, -0.05) is 24.3 Å². The van der Waals surface area contributed by atoms with Crippen LogP contribution in [0.15, 0.2) is 72.8 Å². The summed E-state index contributed by atoms with van der Waals surface area (Å²) >= 11 is 0. The number of rotatable bonds is 12. The molecule has 0 atom stereocenters. The first-order chi connectivity index (χ1) is 20.8. The van der Waals surface area contributed by atoms with E-state index >= 15 is 0 Å². The molecular formula is C34H46N6O4. The number of nitrogens with zero attached hydrogens (tertiary/aromatic N) is 3. The minimum Gasteiger partial charge on any atom is -0.444 e. The highest BCUT2D eigenvalue weighted by Crippen LogP contribution is 2.23. The summed E-state index contributed by atoms with van der Waals surface area (Å²) in [6, 6.07) is 21.6. The molecule has 0 fully saturated rings. The maximum atomic E-state index is 13.3. The number of para-hydroxylation sites is 2. The molecule has 0 radical (unpaired) electrons. The van der Waals surface area contributed by atoms with E-state index in [0.717, 1.165) is 36.3 Å². The van der Waals surface area contributed by atoms with Crippen LogP contribution in [0.1, 0.15) is 49.5 Å². The molecule has 0 aliphatic carbocycles. The maximum absolute atomic E-state index is 13.3. The highest BCUT2D eigenvalue weighted by molar-refractivity contribution is 6.06. The largest absolute Gasteiger partial charge is 0.444 e. The number of nitrogens with one attached hydrogen (secondary N) is 3. The Labute approximate surface area is 261 Å². The van der Waals surface area contributed by atoms with Crippen LogP contribution in [0.3, 0.4) is 0 Å². The lowest BCUT2D eigenvalue weighted by Gasteiger charge is -2.24. The lowest BCUT2D eigenvalue weighted by atomic mass is 10.1. The molecule has 10 heteroatoms. The van der Waals surface area contributed by atoms with E-state index in [1.165, 1.54) is 0 Å². The predicted molar refractivity (Wildman–Crippen MR) is 179 cm³/mol. The summed E-state index contributed by atoms with van der Waals surface area (Å²) in [4.78, 5) is 44.6. The average molecular weight is 603 g/mol. The number of urea groups is 1. The van der Waals surface area contributed by atoms with E-state index in [9.17, 15) is 14.4 Å². The van der Waals surface area contributed by atoms with Crippen LogP contribution in [0.2, 0.25) is 0 Å². The Balaban J connectivity index is 1.67. The summed E-state index contributed by atoms with van der Waals surface area (Å²) in [5.41, 5.74) is 3.36. The van der Waals surface area contributed by atoms with Crippen LogP contribution in [0, 0.1) is 0 Å². The molecule has 10 nitrogen and oxygen atoms in total. The lowest BCUT2D eigenvalue weighted by Crippen LogP contribution is -2.35. The minimum absolute atomic E-state index is 0.177. The Morgan fingerprint density at radius 3 is 1.89 bits per heavy atom. The molecule has 0 saturated carbocycles. The topological polar surface area (TPSA) is 106 Å². The zero-order valence-corrected chi connectivity index (χ0v) is 26.9. The second-order valence-corrected chi connectivity index (χ2v) is 12.1. The van der Waals surface area contributed by atoms with Gasteiger partial charge in [-0.15, -0.1) is 0 Å². The summed E-state index contributed by atoms with van der Waals surface area (Å²) in [7, 11) is 8.02. The van der Waals surface area contributed by atoms with Gasteiger partial charge in [-0.25, -0.2) is 9.59 Å². The van der Waals surface area contributed by atoms with Crippen molar-refractivity contribution in [3.05, 3.63) is 83.9 Å². The number of hydrogen-bond donors (Lipinski definition) is 3. The van der Waals surface area contributed by atoms with Gasteiger partial charge in [-0.3, -0.25) is 10.1 Å². The third-order valence-electron chi connectivity index (χ3n) is 6.61. The molecule has 0 saturated heterocycles. The fourth-order valence-electron chi connectivity index (χ4n) is 4.32. The van der Waals surface area contributed by atoms with Crippen LogP contribution in [-0.4, -0.2) is 74.7 Å². The molecule has 3 rings (SSSR count). The molecule has 3 aromatic carbocycles. The zero-order chi connectivity index (χ0) is 32.3. The molecule has 0 aliphatic heterocycles. The molecule has 0 aromatic heterocycles. The van der Waals surface area contributed by atoms with E-state index < -0.39 is 11.7 Å². The van der Waals surface area contributed by atoms with Crippen molar-refractivity contribution in [3.63, 3.8) is 0 Å². The van der Waals surface area contributed by atoms with Crippen molar-refractivity contribution >= 4 is 40.8 Å². The Hall–Kier alpha value is -4.57. The Morgan fingerprint density at radius 1 is 0.727 bits per heavy atom. The zero-order valence-electron chi connectivity index (χ0n) is 26.9. The van der Waals surface area contributed by atoms with Crippen LogP contribution >= 0.6 is 0 Å². The van der Waals surface area contributed by atoms with E-state index in [-0.39, 0.29) is 11.9 Å². The Kier molecular flexibility index (Phi) is 12.2. The van der Waals surface area contributed by atoms with E-state index in [1.807, 2.05) is 69.5 Å². The molecule has 3 N–H and O–H groups in total. The van der Waals surface area contributed by atoms with Crippen LogP contribution in [-0.2, 0) is 11.3 Å². The van der Waals surface area contributed by atoms with Crippen LogP contribution in [0.25, 0.3) is 0 Å². The number of amides is 4. The van der Waals surface area contributed by atoms with Crippen molar-refractivity contribution in [3.8, 4) is 0 Å². The summed E-state index contributed by atoms with van der Waals surface area (Å²) < 4.78 is 5.34. The van der Waals surface area contributed by atoms with Crippen LogP contribution in [0.5, 0.6) is 0 Å². The first-order valence-corrected chi connectivity index (χ1v) is 14.8. The molecule has 236 valence electrons. The molecule has 0 spiro atoms. The van der Waals surface area contributed by atoms with E-state index in [2.05, 4.69) is 20.9 Å². The van der Waals surface area contributed by atoms with Gasteiger partial charge in [-0.05, 0) is 108 Å². The lowest BCUT2D eigenvalue weighted by molar-refractivity contribution is 0.0635. The third-order valence-corrected chi connectivity index (χ3v) is 6.61. The smallest absolute Gasteiger partial charge is 0.412 e. The molecule has 4 amide bonds. The van der Waals surface area contributed by atoms with Gasteiger partial charge in [0.25, 0.3) is 5.91 Å². The standard InChI is InChI=1S/C34H46N6O4/c1-34(2,3)44-33(43)37-30-13-9-8-12-29(30)36-31(41)26-16-14-25(15-17-26)24-40(23-11-10-22-38(4)5)32(42)35-27-18-20-28(21-19-27)39(6)7/h8-9,12-21H,10-11,22-24H2,1-7H3,(H,35,42)(H,36,41)(H,37,43). The molecular weight excluding hydrogens is 556 g/mol. The van der Waals surface area contributed by atoms with E-state index in [4.69, 9.17) is 4.74 Å². The third kappa shape index (κ3) is 11.3. The quantitative estimate of drug-likeness (QED) is 0.199. The van der Waals surface area contributed by atoms with Gasteiger partial charge in [0, 0.05) is 44.1 Å². The summed E-state index contributed by atoms with van der Waals surface area (Å²) in [6.45, 7) is 7.29. The van der Waals surface area contributed by atoms with Crippen LogP contribution < -0.4 is 20.9 Å². The SMILES string of the molecule is CN(C)CCCCN(Cc1ccc(C(=O)Nc2ccccc2NC(=O)OC(C)(C)C)cc1)C(=O)Nc1ccc(N(C)C)cc1. The van der Waals surface area contributed by atoms with E-state index in [0.29, 0.717) is 30.0 Å². The van der Waals surface area contributed by atoms with Crippen molar-refractivity contribution in [1.82, 2.24) is 9.80 Å². The second-order valence-electron chi connectivity index (χ2n) is 12.1. The van der Waals surface area contributed by atoms with E-state index in [1.54, 1.807) is 62.1 Å². The fraction of sp³-hybridized carbons (Fsp3) is 0.382. The second kappa shape index (κ2) is 15.8. The molecule has 0 heterocycles. The van der Waals surface area contributed by atoms with Crippen molar-refractivity contribution in [1.29, 1.82) is 0 Å². The molecule has 3 aromatic rings. The van der Waals surface area contributed by atoms with Gasteiger partial charge in [0.15, 0.2) is 0 Å².